The van der Waals surface area contributed by atoms with Gasteiger partial charge in [0.25, 0.3) is 0 Å². The van der Waals surface area contributed by atoms with Crippen molar-refractivity contribution in [3.05, 3.63) is 90.2 Å². The zero-order valence-electron chi connectivity index (χ0n) is 19.0. The molecule has 9 heteroatoms. The van der Waals surface area contributed by atoms with E-state index in [-0.39, 0.29) is 19.6 Å². The van der Waals surface area contributed by atoms with Crippen molar-refractivity contribution in [1.29, 1.82) is 0 Å². The lowest BCUT2D eigenvalue weighted by Crippen LogP contribution is -2.49. The van der Waals surface area contributed by atoms with Gasteiger partial charge in [0.2, 0.25) is 15.9 Å². The maximum absolute atomic E-state index is 14.2. The van der Waals surface area contributed by atoms with Crippen LogP contribution in [0.5, 0.6) is 11.5 Å². The number of carbonyl (C=O) groups is 1. The molecule has 0 aliphatic rings. The van der Waals surface area contributed by atoms with Gasteiger partial charge in [0.1, 0.15) is 23.4 Å². The van der Waals surface area contributed by atoms with Gasteiger partial charge in [0.05, 0.1) is 13.7 Å². The molecule has 1 atom stereocenters. The minimum atomic E-state index is -4.28. The Labute approximate surface area is 199 Å². The van der Waals surface area contributed by atoms with Crippen LogP contribution in [-0.2, 0) is 21.2 Å². The third kappa shape index (κ3) is 6.55. The number of hydrogen-bond acceptors (Lipinski definition) is 5. The van der Waals surface area contributed by atoms with Crippen molar-refractivity contribution in [3.63, 3.8) is 0 Å². The van der Waals surface area contributed by atoms with Gasteiger partial charge in [0.15, 0.2) is 11.5 Å². The van der Waals surface area contributed by atoms with Gasteiger partial charge in [-0.2, -0.15) is 4.72 Å². The topological polar surface area (TPSA) is 84.9 Å². The number of carbonyl (C=O) groups excluding carboxylic acids is 1. The van der Waals surface area contributed by atoms with E-state index in [0.717, 1.165) is 17.7 Å². The van der Waals surface area contributed by atoms with Gasteiger partial charge in [-0.05, 0) is 36.2 Å². The lowest BCUT2D eigenvalue weighted by Gasteiger charge is -2.25. The van der Waals surface area contributed by atoms with E-state index < -0.39 is 32.7 Å². The van der Waals surface area contributed by atoms with Gasteiger partial charge in [-0.25, -0.2) is 12.8 Å². The Morgan fingerprint density at radius 2 is 1.59 bits per heavy atom. The Hall–Kier alpha value is -3.43. The molecule has 1 unspecified atom stereocenters. The maximum Gasteiger partial charge on any atom is 0.244 e. The number of sulfonamides is 1. The number of methoxy groups -OCH3 is 1. The van der Waals surface area contributed by atoms with Crippen LogP contribution < -0.4 is 14.2 Å². The van der Waals surface area contributed by atoms with Gasteiger partial charge < -0.3 is 14.4 Å². The van der Waals surface area contributed by atoms with Crippen molar-refractivity contribution in [2.75, 3.05) is 27.3 Å². The number of benzene rings is 3. The highest BCUT2D eigenvalue weighted by atomic mass is 32.2. The number of hydrogen-bond donors (Lipinski definition) is 1. The molecule has 0 radical (unpaired) electrons. The average molecular weight is 487 g/mol. The summed E-state index contributed by atoms with van der Waals surface area (Å²) in [7, 11) is -1.19. The molecule has 3 rings (SSSR count). The molecule has 3 aromatic carbocycles. The summed E-state index contributed by atoms with van der Waals surface area (Å²) in [5.41, 5.74) is 0.760. The normalized spacial score (nSPS) is 12.1. The van der Waals surface area contributed by atoms with Crippen LogP contribution in [0, 0.1) is 5.82 Å². The molecule has 0 fully saturated rings. The molecule has 1 amide bonds. The van der Waals surface area contributed by atoms with Crippen molar-refractivity contribution < 1.29 is 27.1 Å². The van der Waals surface area contributed by atoms with Crippen LogP contribution in [0.25, 0.3) is 0 Å². The van der Waals surface area contributed by atoms with Crippen molar-refractivity contribution in [3.8, 4) is 11.5 Å². The molecule has 0 heterocycles. The first-order chi connectivity index (χ1) is 16.3. The van der Waals surface area contributed by atoms with E-state index >= 15 is 0 Å². The Balaban J connectivity index is 1.74. The van der Waals surface area contributed by atoms with Gasteiger partial charge >= 0.3 is 0 Å². The first kappa shape index (κ1) is 25.2. The van der Waals surface area contributed by atoms with Crippen molar-refractivity contribution >= 4 is 15.9 Å². The zero-order valence-corrected chi connectivity index (χ0v) is 19.8. The number of nitrogens with zero attached hydrogens (tertiary/aromatic N) is 1. The largest absolute Gasteiger partial charge is 0.493 e. The van der Waals surface area contributed by atoms with Crippen molar-refractivity contribution in [2.24, 2.45) is 0 Å². The molecule has 0 aromatic heterocycles. The highest BCUT2D eigenvalue weighted by Gasteiger charge is 2.29. The van der Waals surface area contributed by atoms with Crippen LogP contribution >= 0.6 is 0 Å². The Morgan fingerprint density at radius 1 is 0.971 bits per heavy atom. The first-order valence-corrected chi connectivity index (χ1v) is 12.1. The van der Waals surface area contributed by atoms with Crippen molar-refractivity contribution in [2.45, 2.75) is 17.4 Å². The maximum atomic E-state index is 14.2. The highest BCUT2D eigenvalue weighted by Crippen LogP contribution is 2.25. The summed E-state index contributed by atoms with van der Waals surface area (Å²) < 4.78 is 53.3. The number of amides is 1. The summed E-state index contributed by atoms with van der Waals surface area (Å²) in [6.45, 7) is 0.365. The number of ether oxygens (including phenoxy) is 2. The third-order valence-electron chi connectivity index (χ3n) is 5.13. The Kier molecular flexibility index (Phi) is 8.61. The summed E-state index contributed by atoms with van der Waals surface area (Å²) in [4.78, 5) is 14.1. The third-order valence-corrected chi connectivity index (χ3v) is 6.64. The highest BCUT2D eigenvalue weighted by molar-refractivity contribution is 7.89. The van der Waals surface area contributed by atoms with Crippen LogP contribution in [0.2, 0.25) is 0 Å². The van der Waals surface area contributed by atoms with Crippen LogP contribution in [0.3, 0.4) is 0 Å². The lowest BCUT2D eigenvalue weighted by atomic mass is 10.1. The predicted octanol–water partition coefficient (Wildman–Crippen LogP) is 3.26. The quantitative estimate of drug-likeness (QED) is 0.450. The molecule has 0 aliphatic carbocycles. The molecule has 180 valence electrons. The smallest absolute Gasteiger partial charge is 0.244 e. The Bertz CT molecular complexity index is 1200. The molecule has 7 nitrogen and oxygen atoms in total. The number of nitrogens with one attached hydrogen (secondary N) is 1. The minimum Gasteiger partial charge on any atom is -0.493 e. The van der Waals surface area contributed by atoms with E-state index in [1.54, 1.807) is 49.5 Å². The summed E-state index contributed by atoms with van der Waals surface area (Å²) in [5, 5.41) is 0. The molecule has 34 heavy (non-hydrogen) atoms. The minimum absolute atomic E-state index is 0.102. The van der Waals surface area contributed by atoms with Gasteiger partial charge in [-0.3, -0.25) is 4.79 Å². The zero-order chi connectivity index (χ0) is 24.6. The number of halogens is 1. The number of rotatable bonds is 11. The molecular weight excluding hydrogens is 459 g/mol. The summed E-state index contributed by atoms with van der Waals surface area (Å²) in [6.07, 6.45) is 0.102. The van der Waals surface area contributed by atoms with Gasteiger partial charge in [-0.15, -0.1) is 0 Å². The molecule has 1 N–H and O–H groups in total. The predicted molar refractivity (Wildman–Crippen MR) is 127 cm³/mol. The Morgan fingerprint density at radius 3 is 2.26 bits per heavy atom. The van der Waals surface area contributed by atoms with Crippen LogP contribution in [0.15, 0.2) is 83.8 Å². The van der Waals surface area contributed by atoms with E-state index in [0.29, 0.717) is 11.5 Å². The van der Waals surface area contributed by atoms with E-state index in [1.807, 2.05) is 12.1 Å². The van der Waals surface area contributed by atoms with E-state index in [4.69, 9.17) is 9.47 Å². The second kappa shape index (κ2) is 11.6. The van der Waals surface area contributed by atoms with Gasteiger partial charge in [0, 0.05) is 7.05 Å². The summed E-state index contributed by atoms with van der Waals surface area (Å²) in [6, 6.07) is 20.1. The molecule has 0 spiro atoms. The SMILES string of the molecule is COc1ccccc1OCCN(C)C(=O)C(Cc1ccccc1)NS(=O)(=O)c1ccccc1F. The fraction of sp³-hybridized carbons (Fsp3) is 0.240. The van der Waals surface area contributed by atoms with E-state index in [1.165, 1.54) is 24.1 Å². The first-order valence-electron chi connectivity index (χ1n) is 10.6. The molecular formula is C25H27FN2O5S. The summed E-state index contributed by atoms with van der Waals surface area (Å²) in [5.74, 6) is -0.255. The molecule has 0 aliphatic heterocycles. The van der Waals surface area contributed by atoms with Crippen LogP contribution in [0.1, 0.15) is 5.56 Å². The average Bonchev–Trinajstić information content (AvgIpc) is 2.84. The fourth-order valence-electron chi connectivity index (χ4n) is 3.35. The van der Waals surface area contributed by atoms with Crippen LogP contribution in [0.4, 0.5) is 4.39 Å². The molecule has 0 saturated carbocycles. The summed E-state index contributed by atoms with van der Waals surface area (Å²) >= 11 is 0. The standard InChI is InChI=1S/C25H27FN2O5S/c1-28(16-17-33-23-14-8-7-13-22(23)32-2)25(29)21(18-19-10-4-3-5-11-19)27-34(30,31)24-15-9-6-12-20(24)26/h3-15,21,27H,16-18H2,1-2H3. The van der Waals surface area contributed by atoms with E-state index in [2.05, 4.69) is 4.72 Å². The van der Waals surface area contributed by atoms with Crippen LogP contribution in [-0.4, -0.2) is 52.6 Å². The second-order valence-electron chi connectivity index (χ2n) is 7.55. The van der Waals surface area contributed by atoms with Gasteiger partial charge in [-0.1, -0.05) is 54.6 Å². The number of likely N-dealkylation sites (N-methyl/N-ethyl adjacent to an activating group) is 1. The second-order valence-corrected chi connectivity index (χ2v) is 9.24. The molecule has 0 saturated heterocycles. The molecule has 3 aromatic rings. The van der Waals surface area contributed by atoms with Crippen molar-refractivity contribution in [1.82, 2.24) is 9.62 Å². The lowest BCUT2D eigenvalue weighted by molar-refractivity contribution is -0.132. The number of para-hydroxylation sites is 2. The van der Waals surface area contributed by atoms with E-state index in [9.17, 15) is 17.6 Å². The monoisotopic (exact) mass is 486 g/mol. The molecule has 0 bridgehead atoms. The fourth-order valence-corrected chi connectivity index (χ4v) is 4.62.